The van der Waals surface area contributed by atoms with Gasteiger partial charge in [-0.15, -0.1) is 0 Å². The van der Waals surface area contributed by atoms with E-state index in [-0.39, 0.29) is 5.41 Å². The second kappa shape index (κ2) is 7.44. The van der Waals surface area contributed by atoms with E-state index in [1.807, 2.05) is 0 Å². The van der Waals surface area contributed by atoms with Crippen LogP contribution in [0.3, 0.4) is 0 Å². The molecule has 0 aromatic heterocycles. The van der Waals surface area contributed by atoms with Crippen LogP contribution in [0.5, 0.6) is 0 Å². The molecule has 0 fully saturated rings. The molecular weight excluding hydrogens is 356 g/mol. The van der Waals surface area contributed by atoms with Crippen LogP contribution in [0.25, 0.3) is 11.1 Å². The molecule has 1 heteroatoms. The Balaban J connectivity index is 2.12. The third-order valence-corrected chi connectivity index (χ3v) is 6.70. The van der Waals surface area contributed by atoms with Crippen molar-refractivity contribution in [1.29, 1.82) is 0 Å². The van der Waals surface area contributed by atoms with Crippen LogP contribution >= 0.6 is 15.9 Å². The molecule has 3 rings (SSSR count). The van der Waals surface area contributed by atoms with Gasteiger partial charge >= 0.3 is 0 Å². The summed E-state index contributed by atoms with van der Waals surface area (Å²) in [6, 6.07) is 13.7. The van der Waals surface area contributed by atoms with Gasteiger partial charge in [-0.05, 0) is 59.6 Å². The zero-order chi connectivity index (χ0) is 17.2. The van der Waals surface area contributed by atoms with Gasteiger partial charge in [-0.25, -0.2) is 0 Å². The lowest BCUT2D eigenvalue weighted by atomic mass is 9.72. The fourth-order valence-corrected chi connectivity index (χ4v) is 5.15. The number of unbranched alkanes of at least 4 members (excludes halogenated alkanes) is 3. The molecule has 0 spiro atoms. The summed E-state index contributed by atoms with van der Waals surface area (Å²) in [7, 11) is 0. The smallest absolute Gasteiger partial charge is 0.0213 e. The zero-order valence-electron chi connectivity index (χ0n) is 15.3. The minimum Gasteiger partial charge on any atom is -0.0654 e. The van der Waals surface area contributed by atoms with Crippen molar-refractivity contribution in [3.05, 3.63) is 57.6 Å². The summed E-state index contributed by atoms with van der Waals surface area (Å²) < 4.78 is 1.30. The monoisotopic (exact) mass is 384 g/mol. The molecule has 2 aromatic carbocycles. The van der Waals surface area contributed by atoms with Crippen LogP contribution in [0.2, 0.25) is 0 Å². The van der Waals surface area contributed by atoms with Crippen LogP contribution in [0.1, 0.15) is 76.0 Å². The van der Waals surface area contributed by atoms with Gasteiger partial charge in [0.2, 0.25) is 0 Å². The lowest BCUT2D eigenvalue weighted by Gasteiger charge is -2.32. The summed E-state index contributed by atoms with van der Waals surface area (Å²) in [5.41, 5.74) is 7.83. The molecule has 24 heavy (non-hydrogen) atoms. The minimum atomic E-state index is 0.190. The Morgan fingerprint density at radius 3 is 2.29 bits per heavy atom. The first-order valence-electron chi connectivity index (χ1n) is 9.61. The highest BCUT2D eigenvalue weighted by molar-refractivity contribution is 9.10. The number of rotatable bonds is 7. The molecular formula is C23H29Br. The number of halogens is 1. The van der Waals surface area contributed by atoms with Crippen LogP contribution in [0, 0.1) is 0 Å². The predicted octanol–water partition coefficient (Wildman–Crippen LogP) is 7.66. The fraction of sp³-hybridized carbons (Fsp3) is 0.478. The highest BCUT2D eigenvalue weighted by Gasteiger charge is 2.42. The molecule has 0 nitrogen and oxygen atoms in total. The summed E-state index contributed by atoms with van der Waals surface area (Å²) >= 11 is 3.87. The van der Waals surface area contributed by atoms with E-state index in [4.69, 9.17) is 0 Å². The first kappa shape index (κ1) is 17.7. The number of hydrogen-bond donors (Lipinski definition) is 0. The average Bonchev–Trinajstić information content (AvgIpc) is 2.90. The van der Waals surface area contributed by atoms with E-state index in [0.717, 1.165) is 0 Å². The van der Waals surface area contributed by atoms with Gasteiger partial charge in [-0.3, -0.25) is 0 Å². The predicted molar refractivity (Wildman–Crippen MR) is 109 cm³/mol. The average molecular weight is 385 g/mol. The lowest BCUT2D eigenvalue weighted by Crippen LogP contribution is -2.24. The Bertz CT molecular complexity index is 710. The van der Waals surface area contributed by atoms with E-state index < -0.39 is 0 Å². The minimum absolute atomic E-state index is 0.190. The van der Waals surface area contributed by atoms with Crippen molar-refractivity contribution in [3.63, 3.8) is 0 Å². The third kappa shape index (κ3) is 2.75. The largest absolute Gasteiger partial charge is 0.0654 e. The molecule has 0 heterocycles. The van der Waals surface area contributed by atoms with E-state index in [0.29, 0.717) is 0 Å². The summed E-state index contributed by atoms with van der Waals surface area (Å²) in [4.78, 5) is 0. The van der Waals surface area contributed by atoms with Crippen LogP contribution < -0.4 is 0 Å². The SMILES string of the molecule is CCCCCCc1c(Br)ccc2c1C(CC)(CC)c1ccccc1-2. The van der Waals surface area contributed by atoms with Crippen molar-refractivity contribution in [2.24, 2.45) is 0 Å². The maximum atomic E-state index is 3.87. The van der Waals surface area contributed by atoms with Gasteiger partial charge in [0.25, 0.3) is 0 Å². The zero-order valence-corrected chi connectivity index (χ0v) is 16.9. The van der Waals surface area contributed by atoms with E-state index in [9.17, 15) is 0 Å². The molecule has 0 unspecified atom stereocenters. The van der Waals surface area contributed by atoms with Crippen molar-refractivity contribution in [2.75, 3.05) is 0 Å². The Hall–Kier alpha value is -1.08. The number of fused-ring (bicyclic) bond motifs is 3. The van der Waals surface area contributed by atoms with Crippen LogP contribution in [0.15, 0.2) is 40.9 Å². The molecule has 0 saturated heterocycles. The Kier molecular flexibility index (Phi) is 5.49. The molecule has 1 aliphatic rings. The summed E-state index contributed by atoms with van der Waals surface area (Å²) in [6.45, 7) is 7.00. The van der Waals surface area contributed by atoms with Crippen molar-refractivity contribution in [2.45, 2.75) is 71.1 Å². The maximum absolute atomic E-state index is 3.87. The van der Waals surface area contributed by atoms with Crippen LogP contribution in [-0.4, -0.2) is 0 Å². The molecule has 0 aliphatic heterocycles. The van der Waals surface area contributed by atoms with Gasteiger partial charge in [0.05, 0.1) is 0 Å². The summed E-state index contributed by atoms with van der Waals surface area (Å²) in [5.74, 6) is 0. The maximum Gasteiger partial charge on any atom is 0.0213 e. The van der Waals surface area contributed by atoms with Crippen LogP contribution in [-0.2, 0) is 11.8 Å². The highest BCUT2D eigenvalue weighted by atomic mass is 79.9. The lowest BCUT2D eigenvalue weighted by molar-refractivity contribution is 0.484. The Labute approximate surface area is 155 Å². The van der Waals surface area contributed by atoms with E-state index in [1.54, 1.807) is 11.1 Å². The molecule has 1 aliphatic carbocycles. The standard InChI is InChI=1S/C23H29Br/c1-4-7-8-9-13-19-21(24)16-15-18-17-12-10-11-14-20(17)23(5-2,6-3)22(18)19/h10-12,14-16H,4-9,13H2,1-3H3. The van der Waals surface area contributed by atoms with Crippen LogP contribution in [0.4, 0.5) is 0 Å². The summed E-state index contributed by atoms with van der Waals surface area (Å²) in [5, 5.41) is 0. The Morgan fingerprint density at radius 2 is 1.58 bits per heavy atom. The second-order valence-corrected chi connectivity index (χ2v) is 7.95. The molecule has 2 aromatic rings. The van der Waals surface area contributed by atoms with Gasteiger partial charge in [0, 0.05) is 9.89 Å². The normalized spacial score (nSPS) is 14.5. The second-order valence-electron chi connectivity index (χ2n) is 7.09. The van der Waals surface area contributed by atoms with E-state index >= 15 is 0 Å². The molecule has 0 amide bonds. The van der Waals surface area contributed by atoms with E-state index in [1.165, 1.54) is 66.1 Å². The van der Waals surface area contributed by atoms with Crippen molar-refractivity contribution in [1.82, 2.24) is 0 Å². The fourth-order valence-electron chi connectivity index (χ4n) is 4.62. The Morgan fingerprint density at radius 1 is 0.833 bits per heavy atom. The van der Waals surface area contributed by atoms with Gasteiger partial charge in [-0.1, -0.05) is 86.3 Å². The number of hydrogen-bond acceptors (Lipinski definition) is 0. The molecule has 0 radical (unpaired) electrons. The summed E-state index contributed by atoms with van der Waals surface area (Å²) in [6.07, 6.45) is 8.82. The molecule has 0 bridgehead atoms. The highest BCUT2D eigenvalue weighted by Crippen LogP contribution is 2.54. The quantitative estimate of drug-likeness (QED) is 0.429. The topological polar surface area (TPSA) is 0 Å². The van der Waals surface area contributed by atoms with E-state index in [2.05, 4.69) is 73.1 Å². The molecule has 128 valence electrons. The number of benzene rings is 2. The van der Waals surface area contributed by atoms with Gasteiger partial charge in [-0.2, -0.15) is 0 Å². The molecule has 0 saturated carbocycles. The van der Waals surface area contributed by atoms with Gasteiger partial charge in [0.1, 0.15) is 0 Å². The molecule has 0 N–H and O–H groups in total. The van der Waals surface area contributed by atoms with Gasteiger partial charge in [0.15, 0.2) is 0 Å². The third-order valence-electron chi connectivity index (χ3n) is 5.95. The first-order valence-corrected chi connectivity index (χ1v) is 10.4. The van der Waals surface area contributed by atoms with Gasteiger partial charge < -0.3 is 0 Å². The van der Waals surface area contributed by atoms with Crippen molar-refractivity contribution in [3.8, 4) is 11.1 Å². The molecule has 0 atom stereocenters. The van der Waals surface area contributed by atoms with Crippen molar-refractivity contribution < 1.29 is 0 Å². The first-order chi connectivity index (χ1) is 11.7. The van der Waals surface area contributed by atoms with Crippen molar-refractivity contribution >= 4 is 15.9 Å².